The molecule has 1 N–H and O–H groups in total. The molecule has 0 aliphatic heterocycles. The molecule has 0 saturated heterocycles. The number of aromatic nitrogens is 2. The van der Waals surface area contributed by atoms with Gasteiger partial charge >= 0.3 is 0 Å². The third kappa shape index (κ3) is 4.15. The Morgan fingerprint density at radius 3 is 2.30 bits per heavy atom. The lowest BCUT2D eigenvalue weighted by Crippen LogP contribution is -2.41. The monoisotopic (exact) mass is 311 g/mol. The fraction of sp³-hybridized carbons (Fsp3) is 0.421. The number of nitrogens with zero attached hydrogens (tertiary/aromatic N) is 2. The summed E-state index contributed by atoms with van der Waals surface area (Å²) in [6.07, 6.45) is 6.15. The van der Waals surface area contributed by atoms with E-state index in [1.54, 1.807) is 12.4 Å². The number of carbonyl (C=O) groups excluding carboxylic acids is 1. The van der Waals surface area contributed by atoms with Crippen molar-refractivity contribution in [3.05, 3.63) is 48.5 Å². The van der Waals surface area contributed by atoms with E-state index in [0.717, 1.165) is 29.7 Å². The van der Waals surface area contributed by atoms with E-state index in [-0.39, 0.29) is 5.91 Å². The molecule has 2 aromatic rings. The van der Waals surface area contributed by atoms with E-state index in [9.17, 15) is 4.79 Å². The highest BCUT2D eigenvalue weighted by atomic mass is 16.2. The summed E-state index contributed by atoms with van der Waals surface area (Å²) in [6, 6.07) is 8.03. The summed E-state index contributed by atoms with van der Waals surface area (Å²) in [6.45, 7) is 8.91. The van der Waals surface area contributed by atoms with E-state index in [2.05, 4.69) is 29.1 Å². The van der Waals surface area contributed by atoms with Crippen molar-refractivity contribution in [2.45, 2.75) is 39.5 Å². The van der Waals surface area contributed by atoms with Crippen molar-refractivity contribution in [1.29, 1.82) is 0 Å². The van der Waals surface area contributed by atoms with Crippen LogP contribution in [0.4, 0.5) is 0 Å². The molecule has 23 heavy (non-hydrogen) atoms. The van der Waals surface area contributed by atoms with Gasteiger partial charge in [-0.15, -0.1) is 0 Å². The molecule has 1 unspecified atom stereocenters. The number of benzene rings is 1. The predicted octanol–water partition coefficient (Wildman–Crippen LogP) is 3.58. The first kappa shape index (κ1) is 17.1. The first-order valence-corrected chi connectivity index (χ1v) is 8.09. The minimum atomic E-state index is -0.556. The Morgan fingerprint density at radius 1 is 1.13 bits per heavy atom. The third-order valence-electron chi connectivity index (χ3n) is 4.38. The standard InChI is InChI=1S/C19H25N3O/c1-5-14(2)10-22-18(23)19(3,4)17-8-6-15(7-9-17)16-11-20-13-21-12-16/h6-9,11-14H,5,10H2,1-4H3,(H,22,23). The summed E-state index contributed by atoms with van der Waals surface area (Å²) in [5, 5.41) is 3.06. The fourth-order valence-electron chi connectivity index (χ4n) is 2.29. The van der Waals surface area contributed by atoms with Crippen LogP contribution in [0.5, 0.6) is 0 Å². The molecule has 1 aromatic carbocycles. The first-order valence-electron chi connectivity index (χ1n) is 8.09. The van der Waals surface area contributed by atoms with Crippen molar-refractivity contribution in [2.24, 2.45) is 5.92 Å². The van der Waals surface area contributed by atoms with E-state index in [0.29, 0.717) is 5.92 Å². The highest BCUT2D eigenvalue weighted by Crippen LogP contribution is 2.26. The molecular weight excluding hydrogens is 286 g/mol. The van der Waals surface area contributed by atoms with E-state index in [1.807, 2.05) is 38.1 Å². The molecule has 0 aliphatic carbocycles. The number of amides is 1. The van der Waals surface area contributed by atoms with Gasteiger partial charge in [0.15, 0.2) is 0 Å². The second-order valence-electron chi connectivity index (χ2n) is 6.55. The van der Waals surface area contributed by atoms with Crippen LogP contribution in [0.1, 0.15) is 39.7 Å². The molecule has 0 aliphatic rings. The van der Waals surface area contributed by atoms with Gasteiger partial charge in [-0.1, -0.05) is 44.5 Å². The molecule has 122 valence electrons. The van der Waals surface area contributed by atoms with Gasteiger partial charge in [0.05, 0.1) is 5.41 Å². The Labute approximate surface area is 138 Å². The van der Waals surface area contributed by atoms with E-state index in [4.69, 9.17) is 0 Å². The van der Waals surface area contributed by atoms with Crippen molar-refractivity contribution >= 4 is 5.91 Å². The zero-order valence-corrected chi connectivity index (χ0v) is 14.3. The summed E-state index contributed by atoms with van der Waals surface area (Å²) in [5.74, 6) is 0.559. The Bertz CT molecular complexity index is 635. The van der Waals surface area contributed by atoms with Crippen LogP contribution in [-0.4, -0.2) is 22.4 Å². The minimum Gasteiger partial charge on any atom is -0.355 e. The van der Waals surface area contributed by atoms with Crippen molar-refractivity contribution in [3.63, 3.8) is 0 Å². The lowest BCUT2D eigenvalue weighted by Gasteiger charge is -2.25. The van der Waals surface area contributed by atoms with Crippen LogP contribution < -0.4 is 5.32 Å². The van der Waals surface area contributed by atoms with Crippen LogP contribution in [-0.2, 0) is 10.2 Å². The lowest BCUT2D eigenvalue weighted by atomic mass is 9.83. The fourth-order valence-corrected chi connectivity index (χ4v) is 2.29. The van der Waals surface area contributed by atoms with Crippen LogP contribution in [0.2, 0.25) is 0 Å². The molecular formula is C19H25N3O. The van der Waals surface area contributed by atoms with Crippen LogP contribution in [0, 0.1) is 5.92 Å². The molecule has 0 bridgehead atoms. The van der Waals surface area contributed by atoms with E-state index < -0.39 is 5.41 Å². The van der Waals surface area contributed by atoms with Crippen LogP contribution in [0.15, 0.2) is 43.0 Å². The topological polar surface area (TPSA) is 54.9 Å². The molecule has 1 atom stereocenters. The van der Waals surface area contributed by atoms with Gasteiger partial charge in [-0.2, -0.15) is 0 Å². The maximum atomic E-state index is 12.5. The number of hydrogen-bond donors (Lipinski definition) is 1. The average Bonchev–Trinajstić information content (AvgIpc) is 2.60. The molecule has 4 heteroatoms. The van der Waals surface area contributed by atoms with Gasteiger partial charge in [-0.05, 0) is 30.9 Å². The number of hydrogen-bond acceptors (Lipinski definition) is 3. The summed E-state index contributed by atoms with van der Waals surface area (Å²) < 4.78 is 0. The quantitative estimate of drug-likeness (QED) is 0.887. The average molecular weight is 311 g/mol. The van der Waals surface area contributed by atoms with Crippen molar-refractivity contribution in [2.75, 3.05) is 6.54 Å². The maximum Gasteiger partial charge on any atom is 0.230 e. The zero-order valence-electron chi connectivity index (χ0n) is 14.3. The lowest BCUT2D eigenvalue weighted by molar-refractivity contribution is -0.125. The highest BCUT2D eigenvalue weighted by Gasteiger charge is 2.29. The molecule has 1 heterocycles. The number of rotatable bonds is 6. The second kappa shape index (κ2) is 7.36. The highest BCUT2D eigenvalue weighted by molar-refractivity contribution is 5.87. The molecule has 1 aromatic heterocycles. The van der Waals surface area contributed by atoms with Gasteiger partial charge in [-0.25, -0.2) is 9.97 Å². The van der Waals surface area contributed by atoms with Crippen molar-refractivity contribution in [1.82, 2.24) is 15.3 Å². The third-order valence-corrected chi connectivity index (χ3v) is 4.38. The zero-order chi connectivity index (χ0) is 16.9. The summed E-state index contributed by atoms with van der Waals surface area (Å²) >= 11 is 0. The largest absolute Gasteiger partial charge is 0.355 e. The predicted molar refractivity (Wildman–Crippen MR) is 93.0 cm³/mol. The Balaban J connectivity index is 2.12. The first-order chi connectivity index (χ1) is 10.9. The number of carbonyl (C=O) groups is 1. The molecule has 0 radical (unpaired) electrons. The van der Waals surface area contributed by atoms with Crippen LogP contribution in [0.3, 0.4) is 0 Å². The van der Waals surface area contributed by atoms with Crippen molar-refractivity contribution < 1.29 is 4.79 Å². The molecule has 4 nitrogen and oxygen atoms in total. The summed E-state index contributed by atoms with van der Waals surface area (Å²) in [7, 11) is 0. The Kier molecular flexibility index (Phi) is 5.48. The SMILES string of the molecule is CCC(C)CNC(=O)C(C)(C)c1ccc(-c2cncnc2)cc1. The number of nitrogens with one attached hydrogen (secondary N) is 1. The maximum absolute atomic E-state index is 12.5. The van der Waals surface area contributed by atoms with Crippen molar-refractivity contribution in [3.8, 4) is 11.1 Å². The Morgan fingerprint density at radius 2 is 1.74 bits per heavy atom. The van der Waals surface area contributed by atoms with E-state index in [1.165, 1.54) is 6.33 Å². The van der Waals surface area contributed by atoms with Gasteiger partial charge < -0.3 is 5.32 Å². The van der Waals surface area contributed by atoms with Gasteiger partial charge in [0.25, 0.3) is 0 Å². The smallest absolute Gasteiger partial charge is 0.230 e. The Hall–Kier alpha value is -2.23. The summed E-state index contributed by atoms with van der Waals surface area (Å²) in [5.41, 5.74) is 2.46. The molecule has 1 amide bonds. The van der Waals surface area contributed by atoms with Crippen LogP contribution >= 0.6 is 0 Å². The van der Waals surface area contributed by atoms with Gasteiger partial charge in [0.2, 0.25) is 5.91 Å². The summed E-state index contributed by atoms with van der Waals surface area (Å²) in [4.78, 5) is 20.6. The van der Waals surface area contributed by atoms with E-state index >= 15 is 0 Å². The molecule has 0 saturated carbocycles. The normalized spacial score (nSPS) is 12.7. The van der Waals surface area contributed by atoms with Gasteiger partial charge in [0.1, 0.15) is 6.33 Å². The molecule has 0 spiro atoms. The molecule has 2 rings (SSSR count). The minimum absolute atomic E-state index is 0.0635. The van der Waals surface area contributed by atoms with Gasteiger partial charge in [-0.3, -0.25) is 4.79 Å². The molecule has 0 fully saturated rings. The second-order valence-corrected chi connectivity index (χ2v) is 6.55. The van der Waals surface area contributed by atoms with Gasteiger partial charge in [0, 0.05) is 24.5 Å². The van der Waals surface area contributed by atoms with Crippen LogP contribution in [0.25, 0.3) is 11.1 Å².